The van der Waals surface area contributed by atoms with E-state index in [-0.39, 0.29) is 11.8 Å². The van der Waals surface area contributed by atoms with Crippen LogP contribution in [0.25, 0.3) is 0 Å². The molecule has 0 aliphatic carbocycles. The molecule has 0 heterocycles. The zero-order chi connectivity index (χ0) is 13.0. The van der Waals surface area contributed by atoms with Crippen molar-refractivity contribution in [2.45, 2.75) is 26.4 Å². The van der Waals surface area contributed by atoms with Gasteiger partial charge in [-0.1, -0.05) is 41.9 Å². The van der Waals surface area contributed by atoms with Crippen LogP contribution >= 0.6 is 15.9 Å². The highest BCUT2D eigenvalue weighted by molar-refractivity contribution is 9.10. The monoisotopic (exact) mass is 298 g/mol. The number of halogens is 1. The fourth-order valence-corrected chi connectivity index (χ4v) is 1.75. The Kier molecular flexibility index (Phi) is 5.15. The molecule has 1 atom stereocenters. The Labute approximate surface area is 111 Å². The quantitative estimate of drug-likeness (QED) is 0.928. The summed E-state index contributed by atoms with van der Waals surface area (Å²) in [7, 11) is 1.78. The first-order valence-electron chi connectivity index (χ1n) is 5.67. The van der Waals surface area contributed by atoms with Gasteiger partial charge < -0.3 is 10.6 Å². The van der Waals surface area contributed by atoms with Gasteiger partial charge in [-0.2, -0.15) is 0 Å². The molecule has 0 radical (unpaired) electrons. The van der Waals surface area contributed by atoms with Crippen molar-refractivity contribution in [3.63, 3.8) is 0 Å². The highest BCUT2D eigenvalue weighted by atomic mass is 79.9. The van der Waals surface area contributed by atoms with Crippen LogP contribution in [0.4, 0.5) is 0 Å². The smallest absolute Gasteiger partial charge is 0.239 e. The summed E-state index contributed by atoms with van der Waals surface area (Å²) in [6.45, 7) is 4.50. The minimum Gasteiger partial charge on any atom is -0.340 e. The maximum Gasteiger partial charge on any atom is 0.239 e. The summed E-state index contributed by atoms with van der Waals surface area (Å²) in [6.07, 6.45) is 0. The van der Waals surface area contributed by atoms with Gasteiger partial charge in [0.15, 0.2) is 0 Å². The molecule has 1 aromatic rings. The highest BCUT2D eigenvalue weighted by Gasteiger charge is 2.20. The van der Waals surface area contributed by atoms with Crippen molar-refractivity contribution < 1.29 is 4.79 Å². The van der Waals surface area contributed by atoms with E-state index in [1.54, 1.807) is 11.9 Å². The summed E-state index contributed by atoms with van der Waals surface area (Å²) >= 11 is 3.38. The van der Waals surface area contributed by atoms with Crippen molar-refractivity contribution in [2.24, 2.45) is 11.7 Å². The molecule has 1 amide bonds. The third-order valence-electron chi connectivity index (χ3n) is 2.71. The molecule has 0 aliphatic rings. The molecule has 0 spiro atoms. The predicted octanol–water partition coefficient (Wildman–Crippen LogP) is 2.39. The Morgan fingerprint density at radius 3 is 2.35 bits per heavy atom. The van der Waals surface area contributed by atoms with Crippen LogP contribution in [0.3, 0.4) is 0 Å². The van der Waals surface area contributed by atoms with Gasteiger partial charge in [0.2, 0.25) is 5.91 Å². The van der Waals surface area contributed by atoms with Crippen molar-refractivity contribution >= 4 is 21.8 Å². The molecular weight excluding hydrogens is 280 g/mol. The number of nitrogens with zero attached hydrogens (tertiary/aromatic N) is 1. The largest absolute Gasteiger partial charge is 0.340 e. The van der Waals surface area contributed by atoms with Gasteiger partial charge in [0, 0.05) is 18.1 Å². The molecule has 0 fully saturated rings. The lowest BCUT2D eigenvalue weighted by atomic mass is 10.0. The van der Waals surface area contributed by atoms with Crippen LogP contribution in [0.2, 0.25) is 0 Å². The van der Waals surface area contributed by atoms with Crippen LogP contribution in [-0.4, -0.2) is 23.9 Å². The van der Waals surface area contributed by atoms with E-state index in [1.807, 2.05) is 38.1 Å². The molecule has 0 aliphatic heterocycles. The number of rotatable bonds is 4. The molecule has 4 heteroatoms. The first kappa shape index (κ1) is 14.2. The molecule has 3 nitrogen and oxygen atoms in total. The molecule has 0 aromatic heterocycles. The number of hydrogen-bond acceptors (Lipinski definition) is 2. The molecule has 17 heavy (non-hydrogen) atoms. The van der Waals surface area contributed by atoms with Crippen LogP contribution < -0.4 is 5.73 Å². The number of benzene rings is 1. The number of nitrogens with two attached hydrogens (primary N) is 1. The molecule has 1 aromatic carbocycles. The van der Waals surface area contributed by atoms with E-state index in [1.165, 1.54) is 0 Å². The van der Waals surface area contributed by atoms with Crippen LogP contribution in [-0.2, 0) is 11.3 Å². The minimum absolute atomic E-state index is 0.0112. The SMILES string of the molecule is CC(C)[C@@H](N)C(=O)N(C)Cc1ccc(Br)cc1. The van der Waals surface area contributed by atoms with Gasteiger partial charge in [0.25, 0.3) is 0 Å². The number of likely N-dealkylation sites (N-methyl/N-ethyl adjacent to an activating group) is 1. The molecule has 0 saturated heterocycles. The van der Waals surface area contributed by atoms with Crippen molar-refractivity contribution in [1.29, 1.82) is 0 Å². The lowest BCUT2D eigenvalue weighted by molar-refractivity contribution is -0.132. The second kappa shape index (κ2) is 6.17. The second-order valence-corrected chi connectivity index (χ2v) is 5.51. The summed E-state index contributed by atoms with van der Waals surface area (Å²) in [5.41, 5.74) is 6.94. The maximum atomic E-state index is 11.9. The average Bonchev–Trinajstić information content (AvgIpc) is 2.30. The Morgan fingerprint density at radius 2 is 1.88 bits per heavy atom. The average molecular weight is 299 g/mol. The van der Waals surface area contributed by atoms with Gasteiger partial charge in [0.1, 0.15) is 0 Å². The van der Waals surface area contributed by atoms with E-state index >= 15 is 0 Å². The number of carbonyl (C=O) groups excluding carboxylic acids is 1. The van der Waals surface area contributed by atoms with Gasteiger partial charge in [-0.25, -0.2) is 0 Å². The van der Waals surface area contributed by atoms with Gasteiger partial charge in [-0.3, -0.25) is 4.79 Å². The lowest BCUT2D eigenvalue weighted by Crippen LogP contribution is -2.44. The van der Waals surface area contributed by atoms with Crippen molar-refractivity contribution in [2.75, 3.05) is 7.05 Å². The second-order valence-electron chi connectivity index (χ2n) is 4.59. The summed E-state index contributed by atoms with van der Waals surface area (Å²) in [4.78, 5) is 13.6. The summed E-state index contributed by atoms with van der Waals surface area (Å²) in [6, 6.07) is 7.51. The Bertz CT molecular complexity index is 376. The fourth-order valence-electron chi connectivity index (χ4n) is 1.48. The first-order chi connectivity index (χ1) is 7.91. The third-order valence-corrected chi connectivity index (χ3v) is 3.24. The standard InChI is InChI=1S/C13H19BrN2O/c1-9(2)12(15)13(17)16(3)8-10-4-6-11(14)7-5-10/h4-7,9,12H,8,15H2,1-3H3/t12-/m1/s1. The van der Waals surface area contributed by atoms with Gasteiger partial charge in [-0.15, -0.1) is 0 Å². The van der Waals surface area contributed by atoms with Crippen LogP contribution in [0.1, 0.15) is 19.4 Å². The van der Waals surface area contributed by atoms with E-state index in [9.17, 15) is 4.79 Å². The Balaban J connectivity index is 2.63. The summed E-state index contributed by atoms with van der Waals surface area (Å²) in [5, 5.41) is 0. The van der Waals surface area contributed by atoms with Crippen LogP contribution in [0, 0.1) is 5.92 Å². The van der Waals surface area contributed by atoms with Gasteiger partial charge in [0.05, 0.1) is 6.04 Å². The van der Waals surface area contributed by atoms with Gasteiger partial charge in [-0.05, 0) is 23.6 Å². The highest BCUT2D eigenvalue weighted by Crippen LogP contribution is 2.12. The van der Waals surface area contributed by atoms with Crippen LogP contribution in [0.15, 0.2) is 28.7 Å². The van der Waals surface area contributed by atoms with E-state index < -0.39 is 6.04 Å². The van der Waals surface area contributed by atoms with E-state index in [2.05, 4.69) is 15.9 Å². The Hall–Kier alpha value is -0.870. The molecule has 0 bridgehead atoms. The summed E-state index contributed by atoms with van der Waals surface area (Å²) in [5.74, 6) is 0.151. The number of carbonyl (C=O) groups is 1. The molecule has 0 saturated carbocycles. The number of amides is 1. The molecule has 0 unspecified atom stereocenters. The first-order valence-corrected chi connectivity index (χ1v) is 6.46. The molecular formula is C13H19BrN2O. The van der Waals surface area contributed by atoms with E-state index in [0.29, 0.717) is 6.54 Å². The number of hydrogen-bond donors (Lipinski definition) is 1. The predicted molar refractivity (Wildman–Crippen MR) is 73.4 cm³/mol. The van der Waals surface area contributed by atoms with E-state index in [4.69, 9.17) is 5.73 Å². The lowest BCUT2D eigenvalue weighted by Gasteiger charge is -2.23. The third kappa shape index (κ3) is 4.13. The van der Waals surface area contributed by atoms with Gasteiger partial charge >= 0.3 is 0 Å². The maximum absolute atomic E-state index is 11.9. The van der Waals surface area contributed by atoms with Crippen molar-refractivity contribution in [3.05, 3.63) is 34.3 Å². The molecule has 2 N–H and O–H groups in total. The normalized spacial score (nSPS) is 12.6. The zero-order valence-corrected chi connectivity index (χ0v) is 12.1. The zero-order valence-electron chi connectivity index (χ0n) is 10.5. The molecule has 1 rings (SSSR count). The topological polar surface area (TPSA) is 46.3 Å². The van der Waals surface area contributed by atoms with E-state index in [0.717, 1.165) is 10.0 Å². The fraction of sp³-hybridized carbons (Fsp3) is 0.462. The van der Waals surface area contributed by atoms with Crippen molar-refractivity contribution in [3.8, 4) is 0 Å². The summed E-state index contributed by atoms with van der Waals surface area (Å²) < 4.78 is 1.04. The Morgan fingerprint density at radius 1 is 1.35 bits per heavy atom. The van der Waals surface area contributed by atoms with Crippen molar-refractivity contribution in [1.82, 2.24) is 4.90 Å². The molecule has 94 valence electrons. The minimum atomic E-state index is -0.421. The van der Waals surface area contributed by atoms with Crippen LogP contribution in [0.5, 0.6) is 0 Å².